The summed E-state index contributed by atoms with van der Waals surface area (Å²) >= 11 is 0. The maximum Gasteiger partial charge on any atom is 0.136 e. The Bertz CT molecular complexity index is 386. The van der Waals surface area contributed by atoms with Crippen molar-refractivity contribution < 1.29 is 4.79 Å². The number of carbonyl (C=O) groups excluding carboxylic acids is 1. The van der Waals surface area contributed by atoms with Crippen LogP contribution in [0.3, 0.4) is 0 Å². The Labute approximate surface area is 102 Å². The minimum absolute atomic E-state index is 0.178. The molecule has 0 radical (unpaired) electrons. The monoisotopic (exact) mass is 235 g/mol. The van der Waals surface area contributed by atoms with Crippen molar-refractivity contribution in [3.8, 4) is 0 Å². The second kappa shape index (κ2) is 5.43. The van der Waals surface area contributed by atoms with Crippen molar-refractivity contribution in [2.24, 2.45) is 18.9 Å². The van der Waals surface area contributed by atoms with Crippen LogP contribution >= 0.6 is 0 Å². The van der Waals surface area contributed by atoms with Gasteiger partial charge in [-0.3, -0.25) is 9.48 Å². The van der Waals surface area contributed by atoms with Crippen molar-refractivity contribution in [2.75, 3.05) is 0 Å². The van der Waals surface area contributed by atoms with Gasteiger partial charge in [0.15, 0.2) is 0 Å². The maximum absolute atomic E-state index is 11.9. The third kappa shape index (κ3) is 3.14. The molecule has 1 aromatic heterocycles. The number of nitrogens with zero attached hydrogens (tertiary/aromatic N) is 3. The van der Waals surface area contributed by atoms with Gasteiger partial charge in [-0.25, -0.2) is 0 Å². The highest BCUT2D eigenvalue weighted by Crippen LogP contribution is 2.31. The van der Waals surface area contributed by atoms with Crippen LogP contribution in [0.15, 0.2) is 6.20 Å². The number of aryl methyl sites for hydroxylation is 1. The largest absolute Gasteiger partial charge is 0.299 e. The van der Waals surface area contributed by atoms with Crippen LogP contribution in [-0.2, 0) is 18.3 Å². The molecule has 0 bridgehead atoms. The Balaban J connectivity index is 1.96. The topological polar surface area (TPSA) is 47.8 Å². The van der Waals surface area contributed by atoms with Crippen molar-refractivity contribution in [2.45, 2.75) is 45.4 Å². The fourth-order valence-electron chi connectivity index (χ4n) is 2.81. The van der Waals surface area contributed by atoms with Gasteiger partial charge in [0, 0.05) is 32.0 Å². The predicted molar refractivity (Wildman–Crippen MR) is 65.5 cm³/mol. The summed E-state index contributed by atoms with van der Waals surface area (Å²) in [5.41, 5.74) is 0.947. The quantitative estimate of drug-likeness (QED) is 0.803. The summed E-state index contributed by atoms with van der Waals surface area (Å²) < 4.78 is 1.70. The summed E-state index contributed by atoms with van der Waals surface area (Å²) in [4.78, 5) is 11.9. The van der Waals surface area contributed by atoms with E-state index in [9.17, 15) is 4.79 Å². The number of Topliss-reactive ketones (excluding diaryl/α,β-unsaturated/α-hetero) is 1. The Morgan fingerprint density at radius 1 is 1.53 bits per heavy atom. The summed E-state index contributed by atoms with van der Waals surface area (Å²) in [6, 6.07) is 0. The van der Waals surface area contributed by atoms with Gasteiger partial charge >= 0.3 is 0 Å². The first kappa shape index (κ1) is 12.3. The van der Waals surface area contributed by atoms with Gasteiger partial charge in [0.2, 0.25) is 0 Å². The van der Waals surface area contributed by atoms with Crippen LogP contribution in [0.4, 0.5) is 0 Å². The molecule has 17 heavy (non-hydrogen) atoms. The lowest BCUT2D eigenvalue weighted by molar-refractivity contribution is -0.125. The standard InChI is InChI=1S/C13H21N3O/c1-3-4-10-5-6-13(17)11(7-10)8-12-9-16(2)15-14-12/h9-11H,3-8H2,1-2H3. The van der Waals surface area contributed by atoms with Gasteiger partial charge in [0.25, 0.3) is 0 Å². The Morgan fingerprint density at radius 3 is 3.00 bits per heavy atom. The highest BCUT2D eigenvalue weighted by atomic mass is 16.1. The van der Waals surface area contributed by atoms with Gasteiger partial charge in [-0.15, -0.1) is 5.10 Å². The van der Waals surface area contributed by atoms with Gasteiger partial charge in [-0.05, 0) is 18.8 Å². The molecule has 0 aromatic carbocycles. The molecule has 1 aliphatic carbocycles. The summed E-state index contributed by atoms with van der Waals surface area (Å²) in [5, 5.41) is 7.99. The zero-order valence-electron chi connectivity index (χ0n) is 10.7. The Morgan fingerprint density at radius 2 is 2.35 bits per heavy atom. The Kier molecular flexibility index (Phi) is 3.92. The van der Waals surface area contributed by atoms with E-state index in [1.54, 1.807) is 4.68 Å². The molecule has 0 N–H and O–H groups in total. The van der Waals surface area contributed by atoms with E-state index in [0.717, 1.165) is 37.3 Å². The molecular formula is C13H21N3O. The lowest BCUT2D eigenvalue weighted by atomic mass is 9.77. The van der Waals surface area contributed by atoms with E-state index in [1.165, 1.54) is 12.8 Å². The average Bonchev–Trinajstić information content (AvgIpc) is 2.69. The zero-order chi connectivity index (χ0) is 12.3. The molecule has 1 aliphatic rings. The lowest BCUT2D eigenvalue weighted by Gasteiger charge is -2.27. The molecule has 0 spiro atoms. The number of hydrogen-bond donors (Lipinski definition) is 0. The van der Waals surface area contributed by atoms with Crippen LogP contribution in [0.5, 0.6) is 0 Å². The van der Waals surface area contributed by atoms with Crippen LogP contribution in [0.2, 0.25) is 0 Å². The third-order valence-electron chi connectivity index (χ3n) is 3.67. The molecule has 1 aromatic rings. The minimum Gasteiger partial charge on any atom is -0.299 e. The summed E-state index contributed by atoms with van der Waals surface area (Å²) in [6.07, 6.45) is 8.05. The molecular weight excluding hydrogens is 214 g/mol. The van der Waals surface area contributed by atoms with Gasteiger partial charge in [-0.2, -0.15) is 0 Å². The van der Waals surface area contributed by atoms with E-state index in [4.69, 9.17) is 0 Å². The smallest absolute Gasteiger partial charge is 0.136 e. The number of ketones is 1. The van der Waals surface area contributed by atoms with Gasteiger partial charge in [0.1, 0.15) is 5.78 Å². The highest BCUT2D eigenvalue weighted by molar-refractivity contribution is 5.81. The molecule has 0 amide bonds. The zero-order valence-corrected chi connectivity index (χ0v) is 10.7. The summed E-state index contributed by atoms with van der Waals surface area (Å²) in [7, 11) is 1.86. The van der Waals surface area contributed by atoms with E-state index >= 15 is 0 Å². The van der Waals surface area contributed by atoms with Crippen LogP contribution in [0.25, 0.3) is 0 Å². The normalized spacial score (nSPS) is 25.2. The third-order valence-corrected chi connectivity index (χ3v) is 3.67. The molecule has 4 heteroatoms. The molecule has 94 valence electrons. The molecule has 1 saturated carbocycles. The molecule has 2 rings (SSSR count). The second-order valence-electron chi connectivity index (χ2n) is 5.18. The fraction of sp³-hybridized carbons (Fsp3) is 0.769. The first-order chi connectivity index (χ1) is 8.19. The van der Waals surface area contributed by atoms with Crippen LogP contribution < -0.4 is 0 Å². The van der Waals surface area contributed by atoms with Crippen molar-refractivity contribution in [1.29, 1.82) is 0 Å². The molecule has 0 aliphatic heterocycles. The number of aromatic nitrogens is 3. The van der Waals surface area contributed by atoms with Crippen molar-refractivity contribution in [3.05, 3.63) is 11.9 Å². The molecule has 1 fully saturated rings. The van der Waals surface area contributed by atoms with E-state index in [0.29, 0.717) is 5.78 Å². The average molecular weight is 235 g/mol. The number of carbonyl (C=O) groups is 1. The van der Waals surface area contributed by atoms with E-state index in [1.807, 2.05) is 13.2 Å². The van der Waals surface area contributed by atoms with Crippen molar-refractivity contribution in [3.63, 3.8) is 0 Å². The second-order valence-corrected chi connectivity index (χ2v) is 5.18. The van der Waals surface area contributed by atoms with Gasteiger partial charge in [0.05, 0.1) is 5.69 Å². The van der Waals surface area contributed by atoms with Crippen LogP contribution in [-0.4, -0.2) is 20.8 Å². The first-order valence-electron chi connectivity index (χ1n) is 6.57. The van der Waals surface area contributed by atoms with E-state index in [2.05, 4.69) is 17.2 Å². The van der Waals surface area contributed by atoms with Crippen molar-refractivity contribution >= 4 is 5.78 Å². The molecule has 4 nitrogen and oxygen atoms in total. The SMILES string of the molecule is CCCC1CCC(=O)C(Cc2cn(C)nn2)C1. The van der Waals surface area contributed by atoms with Crippen LogP contribution in [0.1, 0.15) is 44.7 Å². The minimum atomic E-state index is 0.178. The fourth-order valence-corrected chi connectivity index (χ4v) is 2.81. The van der Waals surface area contributed by atoms with E-state index < -0.39 is 0 Å². The first-order valence-corrected chi connectivity index (χ1v) is 6.57. The highest BCUT2D eigenvalue weighted by Gasteiger charge is 2.28. The van der Waals surface area contributed by atoms with E-state index in [-0.39, 0.29) is 5.92 Å². The molecule has 2 atom stereocenters. The van der Waals surface area contributed by atoms with Crippen LogP contribution in [0, 0.1) is 11.8 Å². The maximum atomic E-state index is 11.9. The molecule has 1 heterocycles. The number of hydrogen-bond acceptors (Lipinski definition) is 3. The summed E-state index contributed by atoms with van der Waals surface area (Å²) in [5.74, 6) is 1.33. The number of rotatable bonds is 4. The summed E-state index contributed by atoms with van der Waals surface area (Å²) in [6.45, 7) is 2.22. The Hall–Kier alpha value is -1.19. The predicted octanol–water partition coefficient (Wildman–Crippen LogP) is 2.14. The molecule has 0 saturated heterocycles. The van der Waals surface area contributed by atoms with Crippen molar-refractivity contribution in [1.82, 2.24) is 15.0 Å². The molecule has 2 unspecified atom stereocenters. The van der Waals surface area contributed by atoms with Gasteiger partial charge < -0.3 is 0 Å². The lowest BCUT2D eigenvalue weighted by Crippen LogP contribution is -2.26. The van der Waals surface area contributed by atoms with Gasteiger partial charge in [-0.1, -0.05) is 25.0 Å².